The second-order valence-electron chi connectivity index (χ2n) is 7.22. The minimum absolute atomic E-state index is 0. The van der Waals surface area contributed by atoms with Gasteiger partial charge in [-0.05, 0) is 67.5 Å². The van der Waals surface area contributed by atoms with Gasteiger partial charge in [0.25, 0.3) is 0 Å². The van der Waals surface area contributed by atoms with Crippen molar-refractivity contribution in [2.75, 3.05) is 24.6 Å². The van der Waals surface area contributed by atoms with E-state index in [0.717, 1.165) is 29.8 Å². The summed E-state index contributed by atoms with van der Waals surface area (Å²) < 4.78 is 0.876. The van der Waals surface area contributed by atoms with Crippen LogP contribution in [-0.2, 0) is 12.8 Å². The molecule has 0 radical (unpaired) electrons. The van der Waals surface area contributed by atoms with E-state index in [1.807, 2.05) is 6.07 Å². The van der Waals surface area contributed by atoms with Crippen molar-refractivity contribution in [3.8, 4) is 5.75 Å². The molecular weight excluding hydrogens is 436 g/mol. The molecule has 3 N–H and O–H groups in total. The van der Waals surface area contributed by atoms with Gasteiger partial charge in [0.2, 0.25) is 0 Å². The molecule has 1 aromatic heterocycles. The summed E-state index contributed by atoms with van der Waals surface area (Å²) in [6, 6.07) is 14.3. The van der Waals surface area contributed by atoms with Crippen LogP contribution in [0.25, 0.3) is 10.2 Å². The highest BCUT2D eigenvalue weighted by Crippen LogP contribution is 2.27. The zero-order valence-electron chi connectivity index (χ0n) is 17.2. The molecule has 0 aliphatic carbocycles. The van der Waals surface area contributed by atoms with Crippen LogP contribution in [0.3, 0.4) is 0 Å². The van der Waals surface area contributed by atoms with E-state index in [0.29, 0.717) is 5.52 Å². The summed E-state index contributed by atoms with van der Waals surface area (Å²) in [4.78, 5) is 14.1. The Labute approximate surface area is 192 Å². The summed E-state index contributed by atoms with van der Waals surface area (Å²) in [6.45, 7) is 1.92. The minimum Gasteiger partial charge on any atom is -0.506 e. The van der Waals surface area contributed by atoms with E-state index >= 15 is 0 Å². The number of hydrogen-bond donors (Lipinski definition) is 3. The Hall–Kier alpha value is -1.47. The second-order valence-corrected chi connectivity index (χ2v) is 9.43. The molecule has 7 heteroatoms. The van der Waals surface area contributed by atoms with Crippen molar-refractivity contribution in [1.82, 2.24) is 10.3 Å². The van der Waals surface area contributed by atoms with E-state index in [9.17, 15) is 9.90 Å². The van der Waals surface area contributed by atoms with Gasteiger partial charge < -0.3 is 15.4 Å². The molecule has 164 valence electrons. The summed E-state index contributed by atoms with van der Waals surface area (Å²) in [7, 11) is 0. The third kappa shape index (κ3) is 7.99. The number of rotatable bonds is 13. The predicted molar refractivity (Wildman–Crippen MR) is 134 cm³/mol. The Morgan fingerprint density at radius 1 is 0.933 bits per heavy atom. The van der Waals surface area contributed by atoms with E-state index in [-0.39, 0.29) is 23.0 Å². The summed E-state index contributed by atoms with van der Waals surface area (Å²) in [5, 5.41) is 13.3. The quantitative estimate of drug-likeness (QED) is 0.296. The Balaban J connectivity index is 0.00000320. The van der Waals surface area contributed by atoms with Gasteiger partial charge in [-0.15, -0.1) is 12.4 Å². The first kappa shape index (κ1) is 24.8. The Morgan fingerprint density at radius 2 is 1.73 bits per heavy atom. The normalized spacial score (nSPS) is 10.9. The van der Waals surface area contributed by atoms with Gasteiger partial charge in [-0.3, -0.25) is 4.79 Å². The third-order valence-electron chi connectivity index (χ3n) is 4.98. The van der Waals surface area contributed by atoms with Crippen LogP contribution in [0, 0.1) is 0 Å². The van der Waals surface area contributed by atoms with Gasteiger partial charge in [0.05, 0.1) is 4.70 Å². The van der Waals surface area contributed by atoms with Crippen molar-refractivity contribution in [1.29, 1.82) is 0 Å². The first-order chi connectivity index (χ1) is 14.2. The van der Waals surface area contributed by atoms with Gasteiger partial charge in [-0.2, -0.15) is 11.8 Å². The molecule has 1 heterocycles. The third-order valence-corrected chi connectivity index (χ3v) is 7.01. The first-order valence-electron chi connectivity index (χ1n) is 10.4. The van der Waals surface area contributed by atoms with Crippen molar-refractivity contribution in [3.63, 3.8) is 0 Å². The summed E-state index contributed by atoms with van der Waals surface area (Å²) in [5.74, 6) is 2.62. The number of thiazole rings is 1. The molecule has 0 unspecified atom stereocenters. The van der Waals surface area contributed by atoms with E-state index in [2.05, 4.69) is 52.4 Å². The number of aromatic nitrogens is 1. The number of aromatic hydroxyl groups is 1. The van der Waals surface area contributed by atoms with Crippen molar-refractivity contribution >= 4 is 45.7 Å². The van der Waals surface area contributed by atoms with E-state index in [4.69, 9.17) is 0 Å². The smallest absolute Gasteiger partial charge is 0.305 e. The van der Waals surface area contributed by atoms with Gasteiger partial charge in [-0.1, -0.05) is 60.6 Å². The number of phenols is 1. The molecule has 0 fully saturated rings. The minimum atomic E-state index is -0.117. The van der Waals surface area contributed by atoms with Crippen LogP contribution in [0.2, 0.25) is 0 Å². The number of hydrogen-bond acceptors (Lipinski definition) is 5. The van der Waals surface area contributed by atoms with Gasteiger partial charge in [0.1, 0.15) is 11.3 Å². The number of fused-ring (bicyclic) bond motifs is 1. The van der Waals surface area contributed by atoms with Crippen LogP contribution >= 0.6 is 35.5 Å². The van der Waals surface area contributed by atoms with Gasteiger partial charge in [0, 0.05) is 0 Å². The topological polar surface area (TPSA) is 65.1 Å². The Kier molecular flexibility index (Phi) is 11.4. The number of H-pyrrole nitrogens is 1. The molecule has 0 amide bonds. The van der Waals surface area contributed by atoms with E-state index in [1.54, 1.807) is 6.07 Å². The Bertz CT molecular complexity index is 928. The molecule has 0 bridgehead atoms. The lowest BCUT2D eigenvalue weighted by atomic mass is 10.1. The number of aryl methyl sites for hydroxylation is 1. The number of unbranched alkanes of at least 4 members (excludes halogenated alkanes) is 3. The molecule has 3 aromatic rings. The van der Waals surface area contributed by atoms with Gasteiger partial charge in [-0.25, -0.2) is 0 Å². The predicted octanol–water partition coefficient (Wildman–Crippen LogP) is 5.39. The lowest BCUT2D eigenvalue weighted by Gasteiger charge is -2.07. The second kappa shape index (κ2) is 13.8. The number of aromatic amines is 1. The van der Waals surface area contributed by atoms with Crippen molar-refractivity contribution in [2.24, 2.45) is 0 Å². The number of phenolic OH excluding ortho intramolecular Hbond substituents is 1. The number of nitrogens with one attached hydrogen (secondary N) is 2. The van der Waals surface area contributed by atoms with Crippen LogP contribution < -0.4 is 10.2 Å². The molecule has 0 atom stereocenters. The highest BCUT2D eigenvalue weighted by Gasteiger charge is 2.09. The lowest BCUT2D eigenvalue weighted by Crippen LogP contribution is -2.18. The van der Waals surface area contributed by atoms with Crippen molar-refractivity contribution in [3.05, 3.63) is 63.3 Å². The fraction of sp³-hybridized carbons (Fsp3) is 0.435. The van der Waals surface area contributed by atoms with Crippen LogP contribution in [0.1, 0.15) is 36.8 Å². The highest BCUT2D eigenvalue weighted by molar-refractivity contribution is 7.99. The zero-order valence-corrected chi connectivity index (χ0v) is 19.6. The maximum atomic E-state index is 11.6. The summed E-state index contributed by atoms with van der Waals surface area (Å²) in [6.07, 6.45) is 7.12. The Morgan fingerprint density at radius 3 is 2.57 bits per heavy atom. The number of thioether (sulfide) groups is 1. The van der Waals surface area contributed by atoms with Crippen molar-refractivity contribution in [2.45, 2.75) is 38.5 Å². The first-order valence-corrected chi connectivity index (χ1v) is 12.4. The zero-order chi connectivity index (χ0) is 20.3. The SMILES string of the molecule is Cl.O=c1[nH]c2c(O)ccc(CCNCCCCCCSCCc3ccccc3)c2s1. The molecule has 4 nitrogen and oxygen atoms in total. The standard InChI is InChI=1S/C23H30N2O2S2.ClH/c26-20-11-10-19(22-21(20)25-23(27)29-22)12-15-24-14-6-1-2-7-16-28-17-13-18-8-4-3-5-9-18;/h3-5,8-11,24,26H,1-2,6-7,12-17H2,(H,25,27);1H. The maximum Gasteiger partial charge on any atom is 0.305 e. The molecule has 0 saturated carbocycles. The maximum absolute atomic E-state index is 11.6. The summed E-state index contributed by atoms with van der Waals surface area (Å²) >= 11 is 3.24. The van der Waals surface area contributed by atoms with Crippen LogP contribution in [0.5, 0.6) is 5.75 Å². The molecule has 3 rings (SSSR count). The lowest BCUT2D eigenvalue weighted by molar-refractivity contribution is 0.480. The fourth-order valence-electron chi connectivity index (χ4n) is 3.36. The molecule has 0 aliphatic rings. The average molecular weight is 467 g/mol. The van der Waals surface area contributed by atoms with Crippen LogP contribution in [-0.4, -0.2) is 34.7 Å². The molecular formula is C23H31ClN2O2S2. The average Bonchev–Trinajstić information content (AvgIpc) is 3.13. The molecule has 30 heavy (non-hydrogen) atoms. The largest absolute Gasteiger partial charge is 0.506 e. The van der Waals surface area contributed by atoms with Gasteiger partial charge in [0.15, 0.2) is 0 Å². The number of benzene rings is 2. The monoisotopic (exact) mass is 466 g/mol. The molecule has 0 spiro atoms. The van der Waals surface area contributed by atoms with Crippen LogP contribution in [0.15, 0.2) is 47.3 Å². The van der Waals surface area contributed by atoms with Crippen molar-refractivity contribution < 1.29 is 5.11 Å². The van der Waals surface area contributed by atoms with Crippen LogP contribution in [0.4, 0.5) is 0 Å². The fourth-order valence-corrected chi connectivity index (χ4v) is 5.25. The van der Waals surface area contributed by atoms with E-state index < -0.39 is 0 Å². The molecule has 0 aliphatic heterocycles. The van der Waals surface area contributed by atoms with Gasteiger partial charge >= 0.3 is 4.87 Å². The van der Waals surface area contributed by atoms with E-state index in [1.165, 1.54) is 60.5 Å². The molecule has 2 aromatic carbocycles. The summed E-state index contributed by atoms with van der Waals surface area (Å²) in [5.41, 5.74) is 3.12. The number of halogens is 1. The molecule has 0 saturated heterocycles. The highest BCUT2D eigenvalue weighted by atomic mass is 35.5.